The van der Waals surface area contributed by atoms with Crippen molar-refractivity contribution < 1.29 is 44.2 Å². The lowest BCUT2D eigenvalue weighted by atomic mass is 9.44. The molecule has 7 rings (SSSR count). The third-order valence-corrected chi connectivity index (χ3v) is 13.9. The van der Waals surface area contributed by atoms with Crippen LogP contribution in [0, 0.1) is 52.3 Å². The molecule has 0 aromatic heterocycles. The van der Waals surface area contributed by atoms with E-state index in [0.29, 0.717) is 54.1 Å². The Morgan fingerprint density at radius 2 is 1.69 bits per heavy atom. The number of carbonyl (C=O) groups excluding carboxylic acids is 1. The van der Waals surface area contributed by atoms with Crippen molar-refractivity contribution in [2.75, 3.05) is 13.2 Å². The molecule has 9 nitrogen and oxygen atoms in total. The van der Waals surface area contributed by atoms with Crippen LogP contribution in [0.2, 0.25) is 0 Å². The largest absolute Gasteiger partial charge is 0.394 e. The molecule has 0 amide bonds. The molecular formula is C33H52O9. The second kappa shape index (κ2) is 10.4. The van der Waals surface area contributed by atoms with Crippen LogP contribution in [0.1, 0.15) is 85.5 Å². The van der Waals surface area contributed by atoms with Gasteiger partial charge in [0.25, 0.3) is 0 Å². The Morgan fingerprint density at radius 3 is 2.40 bits per heavy atom. The standard InChI is InChI=1S/C33H52O9/c1-16-5-10-33(39-15-16)17(2)26-24(42-33)13-21-19-12-23(35)22-11-18(6-8-31(22,3)20(19)7-9-32(21,26)4)40-30-29(38)28(37)27(36)25(14-34)41-30/h16-22,24-30,34,36-38H,5-15H2,1-4H3/t16-,17+,18+,19-,20+,21+,22-,24+,25-,26+,27-,28+,29-,30-,31-,32+,33-/m1/s1. The second-order valence-corrected chi connectivity index (χ2v) is 15.9. The molecule has 4 aliphatic carbocycles. The molecule has 7 aliphatic rings. The van der Waals surface area contributed by atoms with Crippen molar-refractivity contribution in [3.8, 4) is 0 Å². The van der Waals surface area contributed by atoms with Crippen LogP contribution in [0.15, 0.2) is 0 Å². The summed E-state index contributed by atoms with van der Waals surface area (Å²) in [4.78, 5) is 14.0. The van der Waals surface area contributed by atoms with Crippen LogP contribution >= 0.6 is 0 Å². The summed E-state index contributed by atoms with van der Waals surface area (Å²) in [5, 5.41) is 40.4. The number of ether oxygens (including phenoxy) is 4. The first-order chi connectivity index (χ1) is 19.9. The van der Waals surface area contributed by atoms with E-state index in [1.54, 1.807) is 0 Å². The van der Waals surface area contributed by atoms with Crippen LogP contribution in [0.5, 0.6) is 0 Å². The molecule has 1 spiro atoms. The second-order valence-electron chi connectivity index (χ2n) is 15.9. The van der Waals surface area contributed by atoms with E-state index in [0.717, 1.165) is 45.1 Å². The lowest BCUT2D eigenvalue weighted by molar-refractivity contribution is -0.315. The molecule has 9 heteroatoms. The van der Waals surface area contributed by atoms with E-state index >= 15 is 0 Å². The van der Waals surface area contributed by atoms with Crippen molar-refractivity contribution >= 4 is 5.78 Å². The summed E-state index contributed by atoms with van der Waals surface area (Å²) in [6.07, 6.45) is 1.72. The van der Waals surface area contributed by atoms with Gasteiger partial charge in [-0.05, 0) is 85.4 Å². The average molecular weight is 593 g/mol. The van der Waals surface area contributed by atoms with Gasteiger partial charge in [-0.15, -0.1) is 0 Å². The number of rotatable bonds is 3. The van der Waals surface area contributed by atoms with E-state index in [1.807, 2.05) is 0 Å². The van der Waals surface area contributed by atoms with Gasteiger partial charge >= 0.3 is 0 Å². The first kappa shape index (κ1) is 30.0. The number of hydrogen-bond acceptors (Lipinski definition) is 9. The average Bonchev–Trinajstić information content (AvgIpc) is 3.41. The molecule has 4 N–H and O–H groups in total. The zero-order chi connectivity index (χ0) is 29.8. The van der Waals surface area contributed by atoms with Gasteiger partial charge < -0.3 is 39.4 Å². The molecule has 0 bridgehead atoms. The molecule has 0 aromatic rings. The minimum Gasteiger partial charge on any atom is -0.394 e. The van der Waals surface area contributed by atoms with Crippen molar-refractivity contribution in [1.29, 1.82) is 0 Å². The fourth-order valence-corrected chi connectivity index (χ4v) is 11.5. The Hall–Kier alpha value is -0.650. The van der Waals surface area contributed by atoms with Crippen LogP contribution in [-0.2, 0) is 23.7 Å². The highest BCUT2D eigenvalue weighted by molar-refractivity contribution is 5.83. The van der Waals surface area contributed by atoms with E-state index < -0.39 is 43.1 Å². The Kier molecular flexibility index (Phi) is 7.47. The van der Waals surface area contributed by atoms with Crippen molar-refractivity contribution in [3.05, 3.63) is 0 Å². The van der Waals surface area contributed by atoms with Gasteiger partial charge in [-0.3, -0.25) is 4.79 Å². The Balaban J connectivity index is 1.05. The summed E-state index contributed by atoms with van der Waals surface area (Å²) in [5.41, 5.74) is 0.0681. The van der Waals surface area contributed by atoms with Crippen LogP contribution < -0.4 is 0 Å². The smallest absolute Gasteiger partial charge is 0.186 e. The number of carbonyl (C=O) groups is 1. The molecule has 238 valence electrons. The highest BCUT2D eigenvalue weighted by Gasteiger charge is 2.70. The molecule has 3 aliphatic heterocycles. The van der Waals surface area contributed by atoms with Gasteiger partial charge in [0.1, 0.15) is 30.2 Å². The maximum atomic E-state index is 14.0. The van der Waals surface area contributed by atoms with Crippen LogP contribution in [0.4, 0.5) is 0 Å². The summed E-state index contributed by atoms with van der Waals surface area (Å²) in [6.45, 7) is 9.74. The summed E-state index contributed by atoms with van der Waals surface area (Å²) < 4.78 is 25.1. The Bertz CT molecular complexity index is 1040. The minimum atomic E-state index is -1.47. The third-order valence-electron chi connectivity index (χ3n) is 13.9. The zero-order valence-corrected chi connectivity index (χ0v) is 25.7. The van der Waals surface area contributed by atoms with Gasteiger partial charge in [-0.1, -0.05) is 27.7 Å². The van der Waals surface area contributed by atoms with Crippen LogP contribution in [0.25, 0.3) is 0 Å². The highest BCUT2D eigenvalue weighted by Crippen LogP contribution is 2.71. The molecule has 0 aromatic carbocycles. The Morgan fingerprint density at radius 1 is 0.929 bits per heavy atom. The lowest BCUT2D eigenvalue weighted by Gasteiger charge is -2.60. The summed E-state index contributed by atoms with van der Waals surface area (Å²) in [7, 11) is 0. The molecule has 42 heavy (non-hydrogen) atoms. The Labute approximate surface area is 249 Å². The molecule has 17 atom stereocenters. The number of aliphatic hydroxyl groups is 4. The number of hydrogen-bond donors (Lipinski definition) is 4. The SMILES string of the molecule is C[C@@H]1CC[C@@]2(OC1)O[C@H]1C[C@H]3[C@@H]4CC(=O)[C@H]5C[C@@H](O[C@@H]6O[C@H](CO)[C@@H](O)[C@H](O)[C@H]6O)CC[C@]5(C)[C@H]4CC[C@]3(C)[C@H]1[C@@H]2C. The summed E-state index contributed by atoms with van der Waals surface area (Å²) >= 11 is 0. The highest BCUT2D eigenvalue weighted by atomic mass is 16.7. The fraction of sp³-hybridized carbons (Fsp3) is 0.970. The van der Waals surface area contributed by atoms with Gasteiger partial charge in [0.2, 0.25) is 0 Å². The lowest BCUT2D eigenvalue weighted by Crippen LogP contribution is -2.61. The third kappa shape index (κ3) is 4.28. The van der Waals surface area contributed by atoms with E-state index in [-0.39, 0.29) is 29.0 Å². The van der Waals surface area contributed by atoms with Gasteiger partial charge in [0.05, 0.1) is 25.4 Å². The number of Topliss-reactive ketones (excluding diaryl/α,β-unsaturated/α-hetero) is 1. The van der Waals surface area contributed by atoms with E-state index in [9.17, 15) is 25.2 Å². The molecule has 3 saturated heterocycles. The quantitative estimate of drug-likeness (QED) is 0.365. The number of aliphatic hydroxyl groups excluding tert-OH is 4. The predicted octanol–water partition coefficient (Wildman–Crippen LogP) is 2.80. The van der Waals surface area contributed by atoms with Gasteiger partial charge in [0.15, 0.2) is 12.1 Å². The van der Waals surface area contributed by atoms with E-state index in [1.165, 1.54) is 6.42 Å². The normalized spacial score (nSPS) is 59.2. The van der Waals surface area contributed by atoms with Gasteiger partial charge in [0, 0.05) is 24.7 Å². The van der Waals surface area contributed by atoms with E-state index in [2.05, 4.69) is 27.7 Å². The predicted molar refractivity (Wildman–Crippen MR) is 151 cm³/mol. The first-order valence-corrected chi connectivity index (χ1v) is 16.7. The fourth-order valence-electron chi connectivity index (χ4n) is 11.5. The molecule has 0 radical (unpaired) electrons. The van der Waals surface area contributed by atoms with Crippen molar-refractivity contribution in [1.82, 2.24) is 0 Å². The van der Waals surface area contributed by atoms with Gasteiger partial charge in [-0.25, -0.2) is 0 Å². The minimum absolute atomic E-state index is 0.0927. The summed E-state index contributed by atoms with van der Waals surface area (Å²) in [6, 6.07) is 0. The molecular weight excluding hydrogens is 540 g/mol. The van der Waals surface area contributed by atoms with E-state index in [4.69, 9.17) is 18.9 Å². The van der Waals surface area contributed by atoms with Crippen molar-refractivity contribution in [2.45, 2.75) is 134 Å². The van der Waals surface area contributed by atoms with Crippen molar-refractivity contribution in [2.24, 2.45) is 52.3 Å². The summed E-state index contributed by atoms with van der Waals surface area (Å²) in [5.74, 6) is 2.57. The van der Waals surface area contributed by atoms with Crippen LogP contribution in [0.3, 0.4) is 0 Å². The van der Waals surface area contributed by atoms with Gasteiger partial charge in [-0.2, -0.15) is 0 Å². The number of ketones is 1. The van der Waals surface area contributed by atoms with Crippen LogP contribution in [-0.4, -0.2) is 88.1 Å². The molecule has 3 heterocycles. The zero-order valence-electron chi connectivity index (χ0n) is 25.7. The first-order valence-electron chi connectivity index (χ1n) is 16.7. The number of fused-ring (bicyclic) bond motifs is 7. The topological polar surface area (TPSA) is 135 Å². The molecule has 7 fully saturated rings. The maximum Gasteiger partial charge on any atom is 0.186 e. The van der Waals surface area contributed by atoms with Crippen molar-refractivity contribution in [3.63, 3.8) is 0 Å². The maximum absolute atomic E-state index is 14.0. The molecule has 0 unspecified atom stereocenters. The molecule has 4 saturated carbocycles. The monoisotopic (exact) mass is 592 g/mol.